The number of rotatable bonds is 3. The summed E-state index contributed by atoms with van der Waals surface area (Å²) in [4.78, 5) is -0.337. The van der Waals surface area contributed by atoms with Crippen LogP contribution in [0.2, 0.25) is 0 Å². The number of aryl methyl sites for hydroxylation is 1. The molecule has 17 heavy (non-hydrogen) atoms. The predicted molar refractivity (Wildman–Crippen MR) is 74.5 cm³/mol. The Kier molecular flexibility index (Phi) is 3.54. The first kappa shape index (κ1) is 12.2. The number of hydrogen-bond acceptors (Lipinski definition) is 0. The number of hydrogen-bond donors (Lipinski definition) is 0. The van der Waals surface area contributed by atoms with Crippen molar-refractivity contribution in [3.8, 4) is 0 Å². The third-order valence-corrected chi connectivity index (χ3v) is 3.38. The Morgan fingerprint density at radius 3 is 2.12 bits per heavy atom. The molecule has 0 bridgehead atoms. The van der Waals surface area contributed by atoms with Crippen LogP contribution < -0.4 is 0 Å². The molecule has 0 saturated heterocycles. The van der Waals surface area contributed by atoms with Gasteiger partial charge in [-0.3, -0.25) is 0 Å². The van der Waals surface area contributed by atoms with Gasteiger partial charge in [0.2, 0.25) is 0 Å². The van der Waals surface area contributed by atoms with E-state index in [-0.39, 0.29) is 4.87 Å². The van der Waals surface area contributed by atoms with Crippen LogP contribution in [0.15, 0.2) is 54.6 Å². The van der Waals surface area contributed by atoms with E-state index in [9.17, 15) is 0 Å². The van der Waals surface area contributed by atoms with Crippen LogP contribution in [0.25, 0.3) is 0 Å². The van der Waals surface area contributed by atoms with Crippen LogP contribution in [0.4, 0.5) is 0 Å². The zero-order valence-electron chi connectivity index (χ0n) is 10.3. The molecule has 0 heterocycles. The SMILES string of the molecule is Cc1ccc(CC(C)(Cl)c2ccccc2)cc1. The van der Waals surface area contributed by atoms with Gasteiger partial charge in [-0.25, -0.2) is 0 Å². The maximum Gasteiger partial charge on any atom is 0.0707 e. The molecule has 88 valence electrons. The van der Waals surface area contributed by atoms with Gasteiger partial charge in [-0.15, -0.1) is 11.6 Å². The molecule has 2 rings (SSSR count). The molecule has 0 N–H and O–H groups in total. The molecule has 0 aliphatic carbocycles. The molecular formula is C16H17Cl. The fourth-order valence-electron chi connectivity index (χ4n) is 1.98. The van der Waals surface area contributed by atoms with E-state index in [1.54, 1.807) is 0 Å². The quantitative estimate of drug-likeness (QED) is 0.687. The van der Waals surface area contributed by atoms with Crippen LogP contribution in [0.5, 0.6) is 0 Å². The standard InChI is InChI=1S/C16H17Cl/c1-13-8-10-14(11-9-13)12-16(2,17)15-6-4-3-5-7-15/h3-11H,12H2,1-2H3. The fraction of sp³-hybridized carbons (Fsp3) is 0.250. The van der Waals surface area contributed by atoms with Crippen molar-refractivity contribution in [3.05, 3.63) is 71.3 Å². The summed E-state index contributed by atoms with van der Waals surface area (Å²) in [5, 5.41) is 0. The molecule has 0 fully saturated rings. The lowest BCUT2D eigenvalue weighted by atomic mass is 9.92. The topological polar surface area (TPSA) is 0 Å². The van der Waals surface area contributed by atoms with E-state index >= 15 is 0 Å². The molecule has 0 aliphatic heterocycles. The van der Waals surface area contributed by atoms with Gasteiger partial charge in [0.1, 0.15) is 0 Å². The normalized spacial score (nSPS) is 14.3. The summed E-state index contributed by atoms with van der Waals surface area (Å²) in [6, 6.07) is 18.8. The number of alkyl halides is 1. The van der Waals surface area contributed by atoms with Crippen LogP contribution in [-0.4, -0.2) is 0 Å². The lowest BCUT2D eigenvalue weighted by molar-refractivity contribution is 0.673. The summed E-state index contributed by atoms with van der Waals surface area (Å²) < 4.78 is 0. The third kappa shape index (κ3) is 3.10. The highest BCUT2D eigenvalue weighted by molar-refractivity contribution is 6.23. The molecule has 0 amide bonds. The van der Waals surface area contributed by atoms with Gasteiger partial charge in [-0.05, 0) is 31.4 Å². The molecular weight excluding hydrogens is 228 g/mol. The summed E-state index contributed by atoms with van der Waals surface area (Å²) >= 11 is 6.64. The molecule has 0 aromatic heterocycles. The highest BCUT2D eigenvalue weighted by atomic mass is 35.5. The largest absolute Gasteiger partial charge is 0.114 e. The van der Waals surface area contributed by atoms with Crippen LogP contribution in [0.3, 0.4) is 0 Å². The van der Waals surface area contributed by atoms with Gasteiger partial charge in [0.05, 0.1) is 4.87 Å². The number of halogens is 1. The van der Waals surface area contributed by atoms with Crippen molar-refractivity contribution in [2.75, 3.05) is 0 Å². The number of benzene rings is 2. The van der Waals surface area contributed by atoms with E-state index in [0.29, 0.717) is 0 Å². The third-order valence-electron chi connectivity index (χ3n) is 3.03. The summed E-state index contributed by atoms with van der Waals surface area (Å²) in [5.74, 6) is 0. The highest BCUT2D eigenvalue weighted by Crippen LogP contribution is 2.32. The van der Waals surface area contributed by atoms with Gasteiger partial charge in [0.25, 0.3) is 0 Å². The van der Waals surface area contributed by atoms with Crippen molar-refractivity contribution in [1.82, 2.24) is 0 Å². The molecule has 1 atom stereocenters. The molecule has 1 heteroatoms. The van der Waals surface area contributed by atoms with E-state index in [2.05, 4.69) is 50.2 Å². The van der Waals surface area contributed by atoms with Crippen molar-refractivity contribution in [1.29, 1.82) is 0 Å². The first-order valence-electron chi connectivity index (χ1n) is 5.88. The van der Waals surface area contributed by atoms with Crippen LogP contribution in [-0.2, 0) is 11.3 Å². The Morgan fingerprint density at radius 1 is 0.941 bits per heavy atom. The summed E-state index contributed by atoms with van der Waals surface area (Å²) in [5.41, 5.74) is 3.73. The molecule has 1 unspecified atom stereocenters. The van der Waals surface area contributed by atoms with Crippen molar-refractivity contribution >= 4 is 11.6 Å². The Morgan fingerprint density at radius 2 is 1.53 bits per heavy atom. The Hall–Kier alpha value is -1.27. The Bertz CT molecular complexity index is 469. The summed E-state index contributed by atoms with van der Waals surface area (Å²) in [6.45, 7) is 4.17. The fourth-order valence-corrected chi connectivity index (χ4v) is 2.26. The smallest absolute Gasteiger partial charge is 0.0707 e. The van der Waals surface area contributed by atoms with Gasteiger partial charge < -0.3 is 0 Å². The van der Waals surface area contributed by atoms with E-state index < -0.39 is 0 Å². The lowest BCUT2D eigenvalue weighted by Gasteiger charge is -2.22. The first-order chi connectivity index (χ1) is 8.08. The van der Waals surface area contributed by atoms with Gasteiger partial charge in [0.15, 0.2) is 0 Å². The maximum absolute atomic E-state index is 6.64. The van der Waals surface area contributed by atoms with Crippen molar-refractivity contribution in [3.63, 3.8) is 0 Å². The van der Waals surface area contributed by atoms with E-state index in [1.807, 2.05) is 18.2 Å². The Balaban J connectivity index is 2.20. The Labute approximate surface area is 108 Å². The van der Waals surface area contributed by atoms with Crippen LogP contribution >= 0.6 is 11.6 Å². The lowest BCUT2D eigenvalue weighted by Crippen LogP contribution is -2.17. The second kappa shape index (κ2) is 4.93. The molecule has 0 spiro atoms. The average molecular weight is 245 g/mol. The first-order valence-corrected chi connectivity index (χ1v) is 6.26. The molecule has 0 saturated carbocycles. The summed E-state index contributed by atoms with van der Waals surface area (Å²) in [7, 11) is 0. The molecule has 0 radical (unpaired) electrons. The predicted octanol–water partition coefficient (Wildman–Crippen LogP) is 4.69. The minimum Gasteiger partial charge on any atom is -0.114 e. The molecule has 0 aliphatic rings. The zero-order valence-corrected chi connectivity index (χ0v) is 11.0. The minimum atomic E-state index is -0.337. The van der Waals surface area contributed by atoms with Crippen LogP contribution in [0.1, 0.15) is 23.6 Å². The monoisotopic (exact) mass is 244 g/mol. The highest BCUT2D eigenvalue weighted by Gasteiger charge is 2.23. The second-order valence-electron chi connectivity index (χ2n) is 4.73. The van der Waals surface area contributed by atoms with E-state index in [1.165, 1.54) is 16.7 Å². The summed E-state index contributed by atoms with van der Waals surface area (Å²) in [6.07, 6.45) is 0.846. The van der Waals surface area contributed by atoms with Gasteiger partial charge in [-0.1, -0.05) is 60.2 Å². The second-order valence-corrected chi connectivity index (χ2v) is 5.56. The molecule has 2 aromatic rings. The van der Waals surface area contributed by atoms with Gasteiger partial charge >= 0.3 is 0 Å². The van der Waals surface area contributed by atoms with Crippen molar-refractivity contribution in [2.45, 2.75) is 25.1 Å². The van der Waals surface area contributed by atoms with E-state index in [4.69, 9.17) is 11.6 Å². The average Bonchev–Trinajstić information content (AvgIpc) is 2.33. The van der Waals surface area contributed by atoms with Crippen molar-refractivity contribution < 1.29 is 0 Å². The minimum absolute atomic E-state index is 0.337. The van der Waals surface area contributed by atoms with Crippen molar-refractivity contribution in [2.24, 2.45) is 0 Å². The molecule has 2 aromatic carbocycles. The maximum atomic E-state index is 6.64. The zero-order chi connectivity index (χ0) is 12.3. The molecule has 0 nitrogen and oxygen atoms in total. The van der Waals surface area contributed by atoms with Gasteiger partial charge in [0, 0.05) is 0 Å². The van der Waals surface area contributed by atoms with Crippen LogP contribution in [0, 0.1) is 6.92 Å². The van der Waals surface area contributed by atoms with Gasteiger partial charge in [-0.2, -0.15) is 0 Å². The van der Waals surface area contributed by atoms with E-state index in [0.717, 1.165) is 6.42 Å².